The number of aliphatic carboxylic acids is 2. The lowest BCUT2D eigenvalue weighted by molar-refractivity contribution is -0.154. The summed E-state index contributed by atoms with van der Waals surface area (Å²) in [6.45, 7) is -0.154. The van der Waals surface area contributed by atoms with Gasteiger partial charge in [0.15, 0.2) is 5.92 Å². The normalized spacial score (nSPS) is 10.4. The van der Waals surface area contributed by atoms with Crippen LogP contribution in [0.4, 0.5) is 0 Å². The van der Waals surface area contributed by atoms with Crippen LogP contribution in [-0.2, 0) is 22.6 Å². The molecule has 0 unspecified atom stereocenters. The van der Waals surface area contributed by atoms with Gasteiger partial charge in [-0.25, -0.2) is 0 Å². The molecule has 86 valence electrons. The maximum absolute atomic E-state index is 10.7. The maximum atomic E-state index is 10.7. The number of carboxylic acids is 2. The van der Waals surface area contributed by atoms with E-state index in [1.165, 1.54) is 0 Å². The van der Waals surface area contributed by atoms with E-state index in [2.05, 4.69) is 0 Å². The van der Waals surface area contributed by atoms with E-state index in [1.54, 1.807) is 24.3 Å². The summed E-state index contributed by atoms with van der Waals surface area (Å²) >= 11 is 0. The number of hydrogen-bond donors (Lipinski definition) is 3. The molecule has 0 heterocycles. The Morgan fingerprint density at radius 3 is 2.19 bits per heavy atom. The van der Waals surface area contributed by atoms with Crippen LogP contribution in [0.25, 0.3) is 0 Å². The maximum Gasteiger partial charge on any atom is 0.318 e. The fourth-order valence-corrected chi connectivity index (χ4v) is 1.37. The van der Waals surface area contributed by atoms with Crippen LogP contribution < -0.4 is 0 Å². The molecule has 0 radical (unpaired) electrons. The second kappa shape index (κ2) is 5.27. The van der Waals surface area contributed by atoms with Crippen LogP contribution in [0.1, 0.15) is 11.1 Å². The van der Waals surface area contributed by atoms with Crippen molar-refractivity contribution in [3.63, 3.8) is 0 Å². The van der Waals surface area contributed by atoms with Crippen molar-refractivity contribution in [2.75, 3.05) is 0 Å². The number of hydrogen-bond acceptors (Lipinski definition) is 3. The first-order chi connectivity index (χ1) is 7.54. The molecular weight excluding hydrogens is 212 g/mol. The van der Waals surface area contributed by atoms with Crippen molar-refractivity contribution in [2.45, 2.75) is 13.0 Å². The molecule has 3 N–H and O–H groups in total. The van der Waals surface area contributed by atoms with E-state index in [4.69, 9.17) is 15.3 Å². The topological polar surface area (TPSA) is 94.8 Å². The van der Waals surface area contributed by atoms with Gasteiger partial charge in [-0.3, -0.25) is 9.59 Å². The first kappa shape index (κ1) is 12.2. The lowest BCUT2D eigenvalue weighted by Gasteiger charge is -2.08. The minimum atomic E-state index is -1.45. The molecule has 0 aromatic heterocycles. The molecule has 0 spiro atoms. The highest BCUT2D eigenvalue weighted by Gasteiger charge is 2.25. The Morgan fingerprint density at radius 1 is 1.12 bits per heavy atom. The number of benzene rings is 1. The van der Waals surface area contributed by atoms with Gasteiger partial charge in [-0.15, -0.1) is 0 Å². The van der Waals surface area contributed by atoms with E-state index in [1.807, 2.05) is 0 Å². The molecule has 0 aliphatic heterocycles. The highest BCUT2D eigenvalue weighted by Crippen LogP contribution is 2.12. The number of carbonyl (C=O) groups is 2. The molecule has 1 aromatic carbocycles. The fraction of sp³-hybridized carbons (Fsp3) is 0.273. The SMILES string of the molecule is O=C(O)C(Cc1cccc(CO)c1)C(=O)O. The van der Waals surface area contributed by atoms with Crippen molar-refractivity contribution in [1.82, 2.24) is 0 Å². The van der Waals surface area contributed by atoms with Crippen LogP contribution in [0.2, 0.25) is 0 Å². The van der Waals surface area contributed by atoms with Gasteiger partial charge in [0.05, 0.1) is 6.61 Å². The molecule has 0 bridgehead atoms. The molecule has 0 amide bonds. The summed E-state index contributed by atoms with van der Waals surface area (Å²) in [7, 11) is 0. The molecule has 0 fully saturated rings. The van der Waals surface area contributed by atoms with E-state index in [0.29, 0.717) is 11.1 Å². The summed E-state index contributed by atoms with van der Waals surface area (Å²) in [5, 5.41) is 26.3. The van der Waals surface area contributed by atoms with Gasteiger partial charge in [0.2, 0.25) is 0 Å². The van der Waals surface area contributed by atoms with Gasteiger partial charge in [0, 0.05) is 0 Å². The monoisotopic (exact) mass is 224 g/mol. The summed E-state index contributed by atoms with van der Waals surface area (Å²) in [6.07, 6.45) is -0.0848. The minimum Gasteiger partial charge on any atom is -0.481 e. The standard InChI is InChI=1S/C11H12O5/c12-6-8-3-1-2-7(4-8)5-9(10(13)14)11(15)16/h1-4,9,12H,5-6H2,(H,13,14)(H,15,16). The van der Waals surface area contributed by atoms with Crippen LogP contribution in [0, 0.1) is 5.92 Å². The largest absolute Gasteiger partial charge is 0.481 e. The Balaban J connectivity index is 2.85. The number of rotatable bonds is 5. The third-order valence-electron chi connectivity index (χ3n) is 2.21. The molecule has 0 saturated heterocycles. The smallest absolute Gasteiger partial charge is 0.318 e. The van der Waals surface area contributed by atoms with Crippen molar-refractivity contribution in [3.05, 3.63) is 35.4 Å². The predicted molar refractivity (Wildman–Crippen MR) is 54.8 cm³/mol. The van der Waals surface area contributed by atoms with Crippen molar-refractivity contribution in [2.24, 2.45) is 5.92 Å². The lowest BCUT2D eigenvalue weighted by Crippen LogP contribution is -2.25. The van der Waals surface area contributed by atoms with Crippen LogP contribution >= 0.6 is 0 Å². The van der Waals surface area contributed by atoms with Gasteiger partial charge in [-0.1, -0.05) is 24.3 Å². The van der Waals surface area contributed by atoms with E-state index in [0.717, 1.165) is 0 Å². The molecule has 5 heteroatoms. The van der Waals surface area contributed by atoms with E-state index >= 15 is 0 Å². The summed E-state index contributed by atoms with van der Waals surface area (Å²) in [5.74, 6) is -4.17. The molecular formula is C11H12O5. The zero-order valence-electron chi connectivity index (χ0n) is 8.46. The quantitative estimate of drug-likeness (QED) is 0.633. The molecule has 16 heavy (non-hydrogen) atoms. The van der Waals surface area contributed by atoms with E-state index in [-0.39, 0.29) is 13.0 Å². The number of carboxylic acid groups (broad SMARTS) is 2. The highest BCUT2D eigenvalue weighted by atomic mass is 16.4. The Hall–Kier alpha value is -1.88. The van der Waals surface area contributed by atoms with E-state index in [9.17, 15) is 9.59 Å². The molecule has 1 aromatic rings. The van der Waals surface area contributed by atoms with Gasteiger partial charge >= 0.3 is 11.9 Å². The molecule has 5 nitrogen and oxygen atoms in total. The molecule has 0 saturated carbocycles. The molecule has 1 rings (SSSR count). The number of aliphatic hydroxyl groups excluding tert-OH is 1. The van der Waals surface area contributed by atoms with Crippen LogP contribution in [-0.4, -0.2) is 27.3 Å². The highest BCUT2D eigenvalue weighted by molar-refractivity contribution is 5.93. The average Bonchev–Trinajstić information content (AvgIpc) is 2.25. The van der Waals surface area contributed by atoms with Crippen LogP contribution in [0.3, 0.4) is 0 Å². The van der Waals surface area contributed by atoms with Gasteiger partial charge < -0.3 is 15.3 Å². The zero-order chi connectivity index (χ0) is 12.1. The van der Waals surface area contributed by atoms with E-state index < -0.39 is 17.9 Å². The summed E-state index contributed by atoms with van der Waals surface area (Å²) in [4.78, 5) is 21.3. The Morgan fingerprint density at radius 2 is 1.69 bits per heavy atom. The molecule has 0 aliphatic rings. The van der Waals surface area contributed by atoms with Gasteiger partial charge in [0.1, 0.15) is 0 Å². The Labute approximate surface area is 92.0 Å². The van der Waals surface area contributed by atoms with Crippen LogP contribution in [0.5, 0.6) is 0 Å². The lowest BCUT2D eigenvalue weighted by atomic mass is 9.98. The Kier molecular flexibility index (Phi) is 4.02. The Bertz CT molecular complexity index is 385. The zero-order valence-corrected chi connectivity index (χ0v) is 8.46. The second-order valence-electron chi connectivity index (χ2n) is 3.41. The summed E-state index contributed by atoms with van der Waals surface area (Å²) < 4.78 is 0. The molecule has 0 aliphatic carbocycles. The minimum absolute atomic E-state index is 0.0848. The molecule has 0 atom stereocenters. The average molecular weight is 224 g/mol. The van der Waals surface area contributed by atoms with Gasteiger partial charge in [-0.05, 0) is 17.5 Å². The summed E-state index contributed by atoms with van der Waals surface area (Å²) in [5.41, 5.74) is 1.22. The van der Waals surface area contributed by atoms with Crippen LogP contribution in [0.15, 0.2) is 24.3 Å². The first-order valence-corrected chi connectivity index (χ1v) is 4.69. The third-order valence-corrected chi connectivity index (χ3v) is 2.21. The van der Waals surface area contributed by atoms with Crippen molar-refractivity contribution < 1.29 is 24.9 Å². The second-order valence-corrected chi connectivity index (χ2v) is 3.41. The third kappa shape index (κ3) is 3.06. The fourth-order valence-electron chi connectivity index (χ4n) is 1.37. The van der Waals surface area contributed by atoms with Crippen molar-refractivity contribution in [3.8, 4) is 0 Å². The number of aliphatic hydroxyl groups is 1. The van der Waals surface area contributed by atoms with Gasteiger partial charge in [-0.2, -0.15) is 0 Å². The first-order valence-electron chi connectivity index (χ1n) is 4.69. The van der Waals surface area contributed by atoms with Crippen molar-refractivity contribution in [1.29, 1.82) is 0 Å². The van der Waals surface area contributed by atoms with Crippen molar-refractivity contribution >= 4 is 11.9 Å². The van der Waals surface area contributed by atoms with Gasteiger partial charge in [0.25, 0.3) is 0 Å². The predicted octanol–water partition coefficient (Wildman–Crippen LogP) is 0.507. The summed E-state index contributed by atoms with van der Waals surface area (Å²) in [6, 6.07) is 6.57.